The molecule has 0 bridgehead atoms. The SMILES string of the molecule is C=COCF. The summed E-state index contributed by atoms with van der Waals surface area (Å²) in [5.41, 5.74) is 0. The summed E-state index contributed by atoms with van der Waals surface area (Å²) in [5, 5.41) is 0. The lowest BCUT2D eigenvalue weighted by Gasteiger charge is -1.81. The van der Waals surface area contributed by atoms with Crippen LogP contribution >= 0.6 is 0 Å². The second-order valence-corrected chi connectivity index (χ2v) is 0.442. The van der Waals surface area contributed by atoms with Gasteiger partial charge >= 0.3 is 0 Å². The lowest BCUT2D eigenvalue weighted by atomic mass is 11.1. The molecule has 0 atom stereocenters. The highest BCUT2D eigenvalue weighted by atomic mass is 19.1. The zero-order chi connectivity index (χ0) is 4.12. The Labute approximate surface area is 30.1 Å². The van der Waals surface area contributed by atoms with Gasteiger partial charge in [-0.15, -0.1) is 0 Å². The van der Waals surface area contributed by atoms with E-state index >= 15 is 0 Å². The summed E-state index contributed by atoms with van der Waals surface area (Å²) in [5.74, 6) is 0. The normalized spacial score (nSPS) is 6.60. The van der Waals surface area contributed by atoms with Crippen molar-refractivity contribution in [3.05, 3.63) is 12.8 Å². The van der Waals surface area contributed by atoms with Crippen molar-refractivity contribution < 1.29 is 9.13 Å². The van der Waals surface area contributed by atoms with E-state index in [4.69, 9.17) is 0 Å². The second kappa shape index (κ2) is 3.47. The van der Waals surface area contributed by atoms with Crippen LogP contribution in [0.2, 0.25) is 0 Å². The largest absolute Gasteiger partial charge is 0.471 e. The third kappa shape index (κ3) is 3.47. The maximum absolute atomic E-state index is 10.7. The minimum absolute atomic E-state index is 0.774. The van der Waals surface area contributed by atoms with Crippen LogP contribution in [0.5, 0.6) is 0 Å². The molecule has 5 heavy (non-hydrogen) atoms. The van der Waals surface area contributed by atoms with E-state index in [1.807, 2.05) is 0 Å². The molecular weight excluding hydrogens is 71.0 g/mol. The van der Waals surface area contributed by atoms with Crippen molar-refractivity contribution in [2.45, 2.75) is 0 Å². The molecule has 0 fully saturated rings. The zero-order valence-corrected chi connectivity index (χ0v) is 2.78. The molecule has 0 aliphatic carbocycles. The van der Waals surface area contributed by atoms with Crippen molar-refractivity contribution in [3.63, 3.8) is 0 Å². The van der Waals surface area contributed by atoms with E-state index < -0.39 is 6.86 Å². The zero-order valence-electron chi connectivity index (χ0n) is 2.78. The van der Waals surface area contributed by atoms with E-state index in [0.717, 1.165) is 6.26 Å². The minimum atomic E-state index is -0.774. The fourth-order valence-electron chi connectivity index (χ4n) is 0.0445. The van der Waals surface area contributed by atoms with Crippen LogP contribution in [0.1, 0.15) is 0 Å². The Hall–Kier alpha value is -0.530. The molecule has 1 nitrogen and oxygen atoms in total. The Kier molecular flexibility index (Phi) is 3.10. The summed E-state index contributed by atoms with van der Waals surface area (Å²) in [6.07, 6.45) is 1.06. The number of ether oxygens (including phenoxy) is 1. The van der Waals surface area contributed by atoms with Crippen molar-refractivity contribution in [1.82, 2.24) is 0 Å². The summed E-state index contributed by atoms with van der Waals surface area (Å²) in [6.45, 7) is 2.31. The van der Waals surface area contributed by atoms with Crippen LogP contribution in [-0.2, 0) is 4.74 Å². The molecule has 0 aliphatic rings. The van der Waals surface area contributed by atoms with Gasteiger partial charge in [-0.1, -0.05) is 6.58 Å². The number of alkyl halides is 1. The standard InChI is InChI=1S/C3H5FO/c1-2-5-3-4/h2H,1,3H2. The van der Waals surface area contributed by atoms with E-state index in [2.05, 4.69) is 11.3 Å². The molecular formula is C3H5FO. The maximum atomic E-state index is 10.7. The average Bonchev–Trinajstić information content (AvgIpc) is 1.41. The van der Waals surface area contributed by atoms with Crippen LogP contribution < -0.4 is 0 Å². The first-order chi connectivity index (χ1) is 2.41. The quantitative estimate of drug-likeness (QED) is 0.447. The predicted molar refractivity (Wildman–Crippen MR) is 17.3 cm³/mol. The second-order valence-electron chi connectivity index (χ2n) is 0.442. The molecule has 0 spiro atoms. The van der Waals surface area contributed by atoms with E-state index in [1.54, 1.807) is 0 Å². The molecule has 0 heterocycles. The molecule has 0 rings (SSSR count). The Morgan fingerprint density at radius 1 is 2.00 bits per heavy atom. The highest BCUT2D eigenvalue weighted by Crippen LogP contribution is 1.68. The average molecular weight is 76.1 g/mol. The molecule has 0 aromatic carbocycles. The number of hydrogen-bond acceptors (Lipinski definition) is 1. The molecule has 2 heteroatoms. The smallest absolute Gasteiger partial charge is 0.227 e. The molecule has 0 aromatic rings. The maximum Gasteiger partial charge on any atom is 0.227 e. The van der Waals surface area contributed by atoms with Gasteiger partial charge in [0.2, 0.25) is 6.86 Å². The van der Waals surface area contributed by atoms with E-state index in [-0.39, 0.29) is 0 Å². The lowest BCUT2D eigenvalue weighted by Crippen LogP contribution is -1.69. The van der Waals surface area contributed by atoms with Gasteiger partial charge in [0.1, 0.15) is 0 Å². The summed E-state index contributed by atoms with van der Waals surface area (Å²) in [7, 11) is 0. The van der Waals surface area contributed by atoms with Gasteiger partial charge in [-0.05, 0) is 0 Å². The van der Waals surface area contributed by atoms with Crippen molar-refractivity contribution in [2.24, 2.45) is 0 Å². The number of rotatable bonds is 2. The Morgan fingerprint density at radius 3 is 2.60 bits per heavy atom. The van der Waals surface area contributed by atoms with Gasteiger partial charge in [0.15, 0.2) is 0 Å². The van der Waals surface area contributed by atoms with Gasteiger partial charge in [-0.2, -0.15) is 0 Å². The molecule has 0 N–H and O–H groups in total. The first-order valence-corrected chi connectivity index (χ1v) is 1.20. The van der Waals surface area contributed by atoms with Gasteiger partial charge < -0.3 is 4.74 Å². The molecule has 0 saturated heterocycles. The summed E-state index contributed by atoms with van der Waals surface area (Å²) < 4.78 is 14.6. The molecule has 0 aliphatic heterocycles. The number of halogens is 1. The minimum Gasteiger partial charge on any atom is -0.471 e. The Morgan fingerprint density at radius 2 is 2.60 bits per heavy atom. The van der Waals surface area contributed by atoms with Gasteiger partial charge in [0, 0.05) is 0 Å². The van der Waals surface area contributed by atoms with E-state index in [1.165, 1.54) is 0 Å². The van der Waals surface area contributed by atoms with Crippen molar-refractivity contribution >= 4 is 0 Å². The van der Waals surface area contributed by atoms with Crippen LogP contribution in [0.15, 0.2) is 12.8 Å². The fraction of sp³-hybridized carbons (Fsp3) is 0.333. The van der Waals surface area contributed by atoms with E-state index in [0.29, 0.717) is 0 Å². The third-order valence-corrected chi connectivity index (χ3v) is 0.181. The van der Waals surface area contributed by atoms with Crippen molar-refractivity contribution in [2.75, 3.05) is 6.86 Å². The first-order valence-electron chi connectivity index (χ1n) is 1.20. The Balaban J connectivity index is 2.40. The molecule has 0 saturated carbocycles. The fourth-order valence-corrected chi connectivity index (χ4v) is 0.0445. The van der Waals surface area contributed by atoms with Gasteiger partial charge in [0.05, 0.1) is 6.26 Å². The van der Waals surface area contributed by atoms with Crippen molar-refractivity contribution in [3.8, 4) is 0 Å². The van der Waals surface area contributed by atoms with Crippen LogP contribution in [0, 0.1) is 0 Å². The molecule has 0 radical (unpaired) electrons. The highest BCUT2D eigenvalue weighted by Gasteiger charge is 1.59. The molecule has 30 valence electrons. The van der Waals surface area contributed by atoms with Crippen LogP contribution in [-0.4, -0.2) is 6.86 Å². The first kappa shape index (κ1) is 4.47. The van der Waals surface area contributed by atoms with Gasteiger partial charge in [-0.3, -0.25) is 0 Å². The van der Waals surface area contributed by atoms with Crippen LogP contribution in [0.3, 0.4) is 0 Å². The summed E-state index contributed by atoms with van der Waals surface area (Å²) in [4.78, 5) is 0. The van der Waals surface area contributed by atoms with Crippen molar-refractivity contribution in [1.29, 1.82) is 0 Å². The topological polar surface area (TPSA) is 9.23 Å². The van der Waals surface area contributed by atoms with Gasteiger partial charge in [0.25, 0.3) is 0 Å². The predicted octanol–water partition coefficient (Wildman–Crippen LogP) is 1.07. The lowest BCUT2D eigenvalue weighted by molar-refractivity contribution is 0.142. The third-order valence-electron chi connectivity index (χ3n) is 0.181. The monoisotopic (exact) mass is 76.0 g/mol. The van der Waals surface area contributed by atoms with Crippen LogP contribution in [0.4, 0.5) is 4.39 Å². The summed E-state index contributed by atoms with van der Waals surface area (Å²) in [6, 6.07) is 0. The molecule has 0 amide bonds. The molecule has 0 aromatic heterocycles. The van der Waals surface area contributed by atoms with E-state index in [9.17, 15) is 4.39 Å². The molecule has 0 unspecified atom stereocenters. The summed E-state index contributed by atoms with van der Waals surface area (Å²) >= 11 is 0. The highest BCUT2D eigenvalue weighted by molar-refractivity contribution is 4.44. The Bertz CT molecular complexity index is 28.1. The van der Waals surface area contributed by atoms with Gasteiger partial charge in [-0.25, -0.2) is 4.39 Å². The number of hydrogen-bond donors (Lipinski definition) is 0. The van der Waals surface area contributed by atoms with Crippen LogP contribution in [0.25, 0.3) is 0 Å².